The molecule has 1 aromatic rings. The van der Waals surface area contributed by atoms with Crippen molar-refractivity contribution in [3.63, 3.8) is 0 Å². The second-order valence-electron chi connectivity index (χ2n) is 5.24. The van der Waals surface area contributed by atoms with Crippen LogP contribution in [-0.2, 0) is 9.59 Å². The standard InChI is InChI=1S/C16H23BrN2O2/c1-4-14(17)16(21)18-10-9-15(20)19-13-7-5-12(6-8-13)11(2)3/h5-8,11,14H,4,9-10H2,1-3H3,(H,18,21)(H,19,20). The molecule has 0 saturated heterocycles. The number of hydrogen-bond acceptors (Lipinski definition) is 2. The summed E-state index contributed by atoms with van der Waals surface area (Å²) in [4.78, 5) is 23.1. The van der Waals surface area contributed by atoms with Crippen LogP contribution in [0, 0.1) is 0 Å². The zero-order valence-corrected chi connectivity index (χ0v) is 14.4. The maximum atomic E-state index is 11.8. The fourth-order valence-electron chi connectivity index (χ4n) is 1.77. The molecule has 1 unspecified atom stereocenters. The molecule has 0 aliphatic carbocycles. The SMILES string of the molecule is CCC(Br)C(=O)NCCC(=O)Nc1ccc(C(C)C)cc1. The maximum Gasteiger partial charge on any atom is 0.233 e. The highest BCUT2D eigenvalue weighted by molar-refractivity contribution is 9.10. The van der Waals surface area contributed by atoms with E-state index in [1.165, 1.54) is 5.56 Å². The Balaban J connectivity index is 2.35. The average Bonchev–Trinajstić information content (AvgIpc) is 2.46. The topological polar surface area (TPSA) is 58.2 Å². The Bertz CT molecular complexity index is 472. The summed E-state index contributed by atoms with van der Waals surface area (Å²) in [5.41, 5.74) is 2.02. The van der Waals surface area contributed by atoms with Crippen molar-refractivity contribution in [3.8, 4) is 0 Å². The summed E-state index contributed by atoms with van der Waals surface area (Å²) in [6, 6.07) is 7.83. The summed E-state index contributed by atoms with van der Waals surface area (Å²) in [6.07, 6.45) is 0.987. The summed E-state index contributed by atoms with van der Waals surface area (Å²) < 4.78 is 0. The quantitative estimate of drug-likeness (QED) is 0.737. The van der Waals surface area contributed by atoms with Gasteiger partial charge in [0.2, 0.25) is 11.8 Å². The van der Waals surface area contributed by atoms with Crippen molar-refractivity contribution in [1.29, 1.82) is 0 Å². The van der Waals surface area contributed by atoms with Crippen molar-refractivity contribution in [2.45, 2.75) is 44.4 Å². The van der Waals surface area contributed by atoms with E-state index in [4.69, 9.17) is 0 Å². The molecule has 2 N–H and O–H groups in total. The molecule has 0 aliphatic heterocycles. The Kier molecular flexibility index (Phi) is 7.43. The van der Waals surface area contributed by atoms with Crippen molar-refractivity contribution < 1.29 is 9.59 Å². The Morgan fingerprint density at radius 1 is 1.19 bits per heavy atom. The fourth-order valence-corrected chi connectivity index (χ4v) is 1.93. The number of anilines is 1. The Morgan fingerprint density at radius 3 is 2.33 bits per heavy atom. The van der Waals surface area contributed by atoms with Gasteiger partial charge in [-0.1, -0.05) is 48.8 Å². The van der Waals surface area contributed by atoms with Gasteiger partial charge in [0, 0.05) is 18.7 Å². The van der Waals surface area contributed by atoms with E-state index in [0.29, 0.717) is 12.5 Å². The van der Waals surface area contributed by atoms with Crippen LogP contribution in [0.25, 0.3) is 0 Å². The van der Waals surface area contributed by atoms with Gasteiger partial charge in [-0.05, 0) is 30.0 Å². The van der Waals surface area contributed by atoms with Crippen molar-refractivity contribution in [3.05, 3.63) is 29.8 Å². The number of hydrogen-bond donors (Lipinski definition) is 2. The van der Waals surface area contributed by atoms with Gasteiger partial charge in [-0.25, -0.2) is 0 Å². The third kappa shape index (κ3) is 6.29. The second kappa shape index (κ2) is 8.82. The molecule has 0 bridgehead atoms. The molecule has 0 fully saturated rings. The lowest BCUT2D eigenvalue weighted by Gasteiger charge is -2.10. The number of nitrogens with one attached hydrogen (secondary N) is 2. The van der Waals surface area contributed by atoms with E-state index < -0.39 is 0 Å². The number of halogens is 1. The summed E-state index contributed by atoms with van der Waals surface area (Å²) >= 11 is 3.27. The second-order valence-corrected chi connectivity index (χ2v) is 6.35. The van der Waals surface area contributed by atoms with Gasteiger partial charge in [0.05, 0.1) is 4.83 Å². The maximum absolute atomic E-state index is 11.8. The largest absolute Gasteiger partial charge is 0.355 e. The van der Waals surface area contributed by atoms with Crippen molar-refractivity contribution in [2.75, 3.05) is 11.9 Å². The molecular weight excluding hydrogens is 332 g/mol. The first-order valence-electron chi connectivity index (χ1n) is 7.25. The molecule has 116 valence electrons. The summed E-state index contributed by atoms with van der Waals surface area (Å²) in [5.74, 6) is 0.294. The minimum Gasteiger partial charge on any atom is -0.355 e. The van der Waals surface area contributed by atoms with Crippen LogP contribution < -0.4 is 10.6 Å². The van der Waals surface area contributed by atoms with E-state index in [1.807, 2.05) is 31.2 Å². The van der Waals surface area contributed by atoms with Crippen LogP contribution in [0.1, 0.15) is 45.1 Å². The molecule has 0 radical (unpaired) electrons. The normalized spacial score (nSPS) is 12.0. The lowest BCUT2D eigenvalue weighted by Crippen LogP contribution is -2.33. The number of alkyl halides is 1. The zero-order chi connectivity index (χ0) is 15.8. The molecule has 0 heterocycles. The van der Waals surface area contributed by atoms with Gasteiger partial charge >= 0.3 is 0 Å². The zero-order valence-electron chi connectivity index (χ0n) is 12.8. The molecule has 0 saturated carbocycles. The molecule has 1 atom stereocenters. The molecule has 0 aromatic heterocycles. The number of rotatable bonds is 7. The lowest BCUT2D eigenvalue weighted by molar-refractivity contribution is -0.120. The summed E-state index contributed by atoms with van der Waals surface area (Å²) in [6.45, 7) is 6.52. The Hall–Kier alpha value is -1.36. The molecule has 0 aliphatic rings. The number of carbonyl (C=O) groups is 2. The predicted molar refractivity (Wildman–Crippen MR) is 89.8 cm³/mol. The molecule has 4 nitrogen and oxygen atoms in total. The first kappa shape index (κ1) is 17.7. The lowest BCUT2D eigenvalue weighted by atomic mass is 10.0. The molecule has 1 aromatic carbocycles. The monoisotopic (exact) mass is 354 g/mol. The third-order valence-corrected chi connectivity index (χ3v) is 4.22. The summed E-state index contributed by atoms with van der Waals surface area (Å²) in [7, 11) is 0. The molecular formula is C16H23BrN2O2. The van der Waals surface area contributed by atoms with Crippen LogP contribution in [0.3, 0.4) is 0 Å². The van der Waals surface area contributed by atoms with Crippen LogP contribution in [-0.4, -0.2) is 23.2 Å². The fraction of sp³-hybridized carbons (Fsp3) is 0.500. The Labute approximate surface area is 134 Å². The van der Waals surface area contributed by atoms with E-state index in [9.17, 15) is 9.59 Å². The highest BCUT2D eigenvalue weighted by Gasteiger charge is 2.12. The van der Waals surface area contributed by atoms with Gasteiger partial charge in [-0.15, -0.1) is 0 Å². The van der Waals surface area contributed by atoms with E-state index >= 15 is 0 Å². The van der Waals surface area contributed by atoms with Crippen LogP contribution in [0.5, 0.6) is 0 Å². The first-order valence-corrected chi connectivity index (χ1v) is 8.17. The number of amides is 2. The smallest absolute Gasteiger partial charge is 0.233 e. The van der Waals surface area contributed by atoms with Crippen LogP contribution in [0.2, 0.25) is 0 Å². The van der Waals surface area contributed by atoms with Gasteiger partial charge < -0.3 is 10.6 Å². The van der Waals surface area contributed by atoms with Gasteiger partial charge in [-0.2, -0.15) is 0 Å². The van der Waals surface area contributed by atoms with Gasteiger partial charge in [0.1, 0.15) is 0 Å². The van der Waals surface area contributed by atoms with Crippen molar-refractivity contribution in [1.82, 2.24) is 5.32 Å². The van der Waals surface area contributed by atoms with Crippen LogP contribution in [0.15, 0.2) is 24.3 Å². The minimum atomic E-state index is -0.191. The molecule has 21 heavy (non-hydrogen) atoms. The van der Waals surface area contributed by atoms with E-state index in [0.717, 1.165) is 12.1 Å². The first-order chi connectivity index (χ1) is 9.93. The number of carbonyl (C=O) groups excluding carboxylic acids is 2. The van der Waals surface area contributed by atoms with Crippen molar-refractivity contribution >= 4 is 33.4 Å². The third-order valence-electron chi connectivity index (χ3n) is 3.16. The average molecular weight is 355 g/mol. The molecule has 2 amide bonds. The van der Waals surface area contributed by atoms with Gasteiger partial charge in [0.15, 0.2) is 0 Å². The van der Waals surface area contributed by atoms with E-state index in [-0.39, 0.29) is 23.1 Å². The van der Waals surface area contributed by atoms with Gasteiger partial charge in [-0.3, -0.25) is 9.59 Å². The van der Waals surface area contributed by atoms with Crippen molar-refractivity contribution in [2.24, 2.45) is 0 Å². The predicted octanol–water partition coefficient (Wildman–Crippen LogP) is 3.43. The Morgan fingerprint density at radius 2 is 1.81 bits per heavy atom. The molecule has 0 spiro atoms. The summed E-state index contributed by atoms with van der Waals surface area (Å²) in [5, 5.41) is 5.55. The molecule has 1 rings (SSSR count). The van der Waals surface area contributed by atoms with Crippen LogP contribution in [0.4, 0.5) is 5.69 Å². The van der Waals surface area contributed by atoms with E-state index in [2.05, 4.69) is 40.4 Å². The van der Waals surface area contributed by atoms with Gasteiger partial charge in [0.25, 0.3) is 0 Å². The highest BCUT2D eigenvalue weighted by atomic mass is 79.9. The van der Waals surface area contributed by atoms with E-state index in [1.54, 1.807) is 0 Å². The van der Waals surface area contributed by atoms with Crippen LogP contribution >= 0.6 is 15.9 Å². The minimum absolute atomic E-state index is 0.0772. The highest BCUT2D eigenvalue weighted by Crippen LogP contribution is 2.17. The number of benzene rings is 1. The molecule has 5 heteroatoms.